The monoisotopic (exact) mass is 196 g/mol. The molecule has 0 bridgehead atoms. The molecule has 0 aromatic heterocycles. The fraction of sp³-hybridized carbons (Fsp3) is 0.833. The van der Waals surface area contributed by atoms with E-state index in [9.17, 15) is 0 Å². The van der Waals surface area contributed by atoms with Gasteiger partial charge in [-0.3, -0.25) is 0 Å². The van der Waals surface area contributed by atoms with Crippen molar-refractivity contribution in [3.63, 3.8) is 0 Å². The molecular formula is C12H25Al. The topological polar surface area (TPSA) is 0 Å². The van der Waals surface area contributed by atoms with E-state index in [-0.39, 0.29) is 0 Å². The molecule has 76 valence electrons. The number of rotatable bonds is 9. The number of hydrogen-bond donors (Lipinski definition) is 0. The lowest BCUT2D eigenvalue weighted by Gasteiger charge is -1.99. The molecule has 0 aromatic rings. The van der Waals surface area contributed by atoms with Crippen LogP contribution in [0.1, 0.15) is 58.3 Å². The highest BCUT2D eigenvalue weighted by molar-refractivity contribution is 6.08. The molecule has 0 N–H and O–H groups in total. The van der Waals surface area contributed by atoms with Crippen LogP contribution in [0, 0.1) is 0 Å². The summed E-state index contributed by atoms with van der Waals surface area (Å²) >= 11 is 1.40. The summed E-state index contributed by atoms with van der Waals surface area (Å²) in [4.78, 5) is 0. The van der Waals surface area contributed by atoms with Gasteiger partial charge >= 0.3 is 0 Å². The van der Waals surface area contributed by atoms with Crippen LogP contribution in [0.3, 0.4) is 0 Å². The van der Waals surface area contributed by atoms with E-state index in [0.29, 0.717) is 0 Å². The highest BCUT2D eigenvalue weighted by Gasteiger charge is 1.89. The SMILES string of the molecule is CC=CCCCCCCCC[CH2][AlH2]. The Labute approximate surface area is 92.2 Å². The summed E-state index contributed by atoms with van der Waals surface area (Å²) in [5, 5.41) is 1.50. The minimum atomic E-state index is 1.29. The Bertz CT molecular complexity index is 108. The smallest absolute Gasteiger partial charge is 0.101 e. The van der Waals surface area contributed by atoms with Crippen molar-refractivity contribution in [3.05, 3.63) is 12.2 Å². The summed E-state index contributed by atoms with van der Waals surface area (Å²) in [6.07, 6.45) is 15.9. The Kier molecular flexibility index (Phi) is 12.5. The van der Waals surface area contributed by atoms with Gasteiger partial charge in [-0.2, -0.15) is 0 Å². The van der Waals surface area contributed by atoms with Crippen molar-refractivity contribution in [1.29, 1.82) is 0 Å². The van der Waals surface area contributed by atoms with E-state index in [4.69, 9.17) is 0 Å². The fourth-order valence-electron chi connectivity index (χ4n) is 1.56. The van der Waals surface area contributed by atoms with Crippen LogP contribution >= 0.6 is 0 Å². The summed E-state index contributed by atoms with van der Waals surface area (Å²) in [5.41, 5.74) is 0. The molecule has 1 heteroatoms. The second-order valence-corrected chi connectivity index (χ2v) is 4.83. The van der Waals surface area contributed by atoms with Crippen molar-refractivity contribution in [3.8, 4) is 0 Å². The van der Waals surface area contributed by atoms with Crippen LogP contribution < -0.4 is 0 Å². The van der Waals surface area contributed by atoms with Crippen LogP contribution in [0.25, 0.3) is 0 Å². The van der Waals surface area contributed by atoms with Crippen molar-refractivity contribution in [2.75, 3.05) is 0 Å². The maximum atomic E-state index is 2.28. The number of unbranched alkanes of at least 4 members (excludes halogenated alkanes) is 7. The molecule has 0 saturated heterocycles. The van der Waals surface area contributed by atoms with Gasteiger partial charge in [-0.15, -0.1) is 5.28 Å². The molecule has 0 aliphatic carbocycles. The van der Waals surface area contributed by atoms with Gasteiger partial charge in [0.05, 0.1) is 0 Å². The van der Waals surface area contributed by atoms with E-state index in [2.05, 4.69) is 19.1 Å². The first kappa shape index (κ1) is 13.3. The minimum absolute atomic E-state index is 1.29. The normalized spacial score (nSPS) is 11.2. The number of hydrogen-bond acceptors (Lipinski definition) is 0. The first-order valence-electron chi connectivity index (χ1n) is 6.03. The maximum absolute atomic E-state index is 2.28. The van der Waals surface area contributed by atoms with E-state index < -0.39 is 0 Å². The van der Waals surface area contributed by atoms with E-state index in [1.165, 1.54) is 72.9 Å². The van der Waals surface area contributed by atoms with Crippen LogP contribution in [0.2, 0.25) is 5.28 Å². The summed E-state index contributed by atoms with van der Waals surface area (Å²) in [6.45, 7) is 2.11. The standard InChI is InChI=1S/C12H23.Al.2H/c1-3-5-7-9-11-12-10-8-6-4-2;;;/h4,6H,1,3,5,7-12H2,2H3;;;. The molecule has 0 radical (unpaired) electrons. The summed E-state index contributed by atoms with van der Waals surface area (Å²) in [6, 6.07) is 0. The first-order valence-corrected chi connectivity index (χ1v) is 7.44. The first-order chi connectivity index (χ1) is 6.41. The van der Waals surface area contributed by atoms with Gasteiger partial charge in [0.1, 0.15) is 0 Å². The third-order valence-electron chi connectivity index (χ3n) is 2.46. The molecule has 0 amide bonds. The average Bonchev–Trinajstić information content (AvgIpc) is 2.16. The Morgan fingerprint density at radius 1 is 0.846 bits per heavy atom. The molecular weight excluding hydrogens is 171 g/mol. The molecule has 0 fully saturated rings. The molecule has 0 atom stereocenters. The van der Waals surface area contributed by atoms with E-state index >= 15 is 0 Å². The molecule has 0 spiro atoms. The maximum Gasteiger partial charge on any atom is 0.211 e. The Morgan fingerprint density at radius 2 is 1.38 bits per heavy atom. The molecule has 0 aromatic carbocycles. The summed E-state index contributed by atoms with van der Waals surface area (Å²) < 4.78 is 0. The third kappa shape index (κ3) is 12.3. The van der Waals surface area contributed by atoms with Crippen molar-refractivity contribution >= 4 is 16.3 Å². The lowest BCUT2D eigenvalue weighted by atomic mass is 10.1. The van der Waals surface area contributed by atoms with Crippen molar-refractivity contribution in [2.24, 2.45) is 0 Å². The van der Waals surface area contributed by atoms with Crippen LogP contribution in [0.5, 0.6) is 0 Å². The van der Waals surface area contributed by atoms with E-state index in [1.807, 2.05) is 0 Å². The molecule has 0 saturated carbocycles. The molecule has 13 heavy (non-hydrogen) atoms. The van der Waals surface area contributed by atoms with Gasteiger partial charge < -0.3 is 0 Å². The lowest BCUT2D eigenvalue weighted by molar-refractivity contribution is 0.592. The molecule has 0 rings (SSSR count). The van der Waals surface area contributed by atoms with Crippen molar-refractivity contribution < 1.29 is 0 Å². The van der Waals surface area contributed by atoms with Gasteiger partial charge in [-0.05, 0) is 19.8 Å². The van der Waals surface area contributed by atoms with Gasteiger partial charge in [0.25, 0.3) is 0 Å². The Hall–Kier alpha value is 0.272. The third-order valence-corrected chi connectivity index (χ3v) is 3.17. The van der Waals surface area contributed by atoms with E-state index in [0.717, 1.165) is 0 Å². The van der Waals surface area contributed by atoms with E-state index in [1.54, 1.807) is 0 Å². The molecule has 0 nitrogen and oxygen atoms in total. The predicted molar refractivity (Wildman–Crippen MR) is 65.1 cm³/mol. The van der Waals surface area contributed by atoms with Crippen LogP contribution in [0.15, 0.2) is 12.2 Å². The summed E-state index contributed by atoms with van der Waals surface area (Å²) in [5.74, 6) is 0. The fourth-order valence-corrected chi connectivity index (χ4v) is 2.06. The molecule has 0 heterocycles. The highest BCUT2D eigenvalue weighted by atomic mass is 27.0. The predicted octanol–water partition coefficient (Wildman–Crippen LogP) is 3.73. The Balaban J connectivity index is 2.83. The number of allylic oxidation sites excluding steroid dienone is 2. The summed E-state index contributed by atoms with van der Waals surface area (Å²) in [7, 11) is 0. The van der Waals surface area contributed by atoms with Crippen LogP contribution in [0.4, 0.5) is 0 Å². The Morgan fingerprint density at radius 3 is 1.92 bits per heavy atom. The van der Waals surface area contributed by atoms with Crippen molar-refractivity contribution in [2.45, 2.75) is 63.6 Å². The lowest BCUT2D eigenvalue weighted by Crippen LogP contribution is -1.80. The minimum Gasteiger partial charge on any atom is -0.101 e. The largest absolute Gasteiger partial charge is 0.211 e. The van der Waals surface area contributed by atoms with Gasteiger partial charge in [0, 0.05) is 0 Å². The molecule has 0 aliphatic heterocycles. The van der Waals surface area contributed by atoms with Gasteiger partial charge in [-0.25, -0.2) is 0 Å². The second kappa shape index (κ2) is 12.3. The highest BCUT2D eigenvalue weighted by Crippen LogP contribution is 2.09. The molecule has 0 unspecified atom stereocenters. The second-order valence-electron chi connectivity index (χ2n) is 3.83. The quantitative estimate of drug-likeness (QED) is 0.299. The van der Waals surface area contributed by atoms with Gasteiger partial charge in [0.15, 0.2) is 0 Å². The van der Waals surface area contributed by atoms with Gasteiger partial charge in [-0.1, -0.05) is 50.7 Å². The zero-order valence-electron chi connectivity index (χ0n) is 9.52. The van der Waals surface area contributed by atoms with Crippen LogP contribution in [-0.4, -0.2) is 16.3 Å². The molecule has 0 aliphatic rings. The van der Waals surface area contributed by atoms with Gasteiger partial charge in [0.2, 0.25) is 16.3 Å². The van der Waals surface area contributed by atoms with Crippen molar-refractivity contribution in [1.82, 2.24) is 0 Å². The average molecular weight is 196 g/mol. The van der Waals surface area contributed by atoms with Crippen LogP contribution in [-0.2, 0) is 0 Å². The zero-order valence-corrected chi connectivity index (χ0v) is 11.5. The zero-order chi connectivity index (χ0) is 9.78.